The molecule has 0 spiro atoms. The lowest BCUT2D eigenvalue weighted by Crippen LogP contribution is -2.57. The normalized spacial score (nSPS) is 16.8. The van der Waals surface area contributed by atoms with E-state index >= 15 is 0 Å². The number of β-amino-alcohol motifs (C(OH)–C–C–N with tert-alkyl or cyclic N) is 1. The summed E-state index contributed by atoms with van der Waals surface area (Å²) in [5.41, 5.74) is 9.12. The third-order valence-corrected chi connectivity index (χ3v) is 11.3. The predicted octanol–water partition coefficient (Wildman–Crippen LogP) is 5.83. The van der Waals surface area contributed by atoms with E-state index in [2.05, 4.69) is 26.3 Å². The Morgan fingerprint density at radius 1 is 0.968 bits per heavy atom. The van der Waals surface area contributed by atoms with Crippen LogP contribution in [-0.4, -0.2) is 87.0 Å². The van der Waals surface area contributed by atoms with Crippen LogP contribution in [0.4, 0.5) is 14.9 Å². The molecule has 3 aromatic rings. The quantitative estimate of drug-likeness (QED) is 0.0846. The van der Waals surface area contributed by atoms with E-state index in [0.29, 0.717) is 31.2 Å². The summed E-state index contributed by atoms with van der Waals surface area (Å²) in [6, 6.07) is 8.52. The molecule has 338 valence electrons. The average molecular weight is 880 g/mol. The Kier molecular flexibility index (Phi) is 17.1. The number of hydrogen-bond acceptors (Lipinski definition) is 10. The number of benzene rings is 2. The number of aromatic nitrogens is 1. The molecule has 0 bridgehead atoms. The summed E-state index contributed by atoms with van der Waals surface area (Å²) in [6.07, 6.45) is 0.251. The molecule has 6 amide bonds. The highest BCUT2D eigenvalue weighted by Gasteiger charge is 2.44. The number of aliphatic hydroxyl groups is 1. The highest BCUT2D eigenvalue weighted by atomic mass is 32.1. The van der Waals surface area contributed by atoms with Gasteiger partial charge in [-0.2, -0.15) is 0 Å². The lowest BCUT2D eigenvalue weighted by Gasteiger charge is -2.35. The number of aryl methyl sites for hydroxylation is 2. The van der Waals surface area contributed by atoms with Gasteiger partial charge in [-0.05, 0) is 101 Å². The first-order valence-corrected chi connectivity index (χ1v) is 21.9. The number of likely N-dealkylation sites (tertiary alicyclic amines) is 1. The van der Waals surface area contributed by atoms with Crippen molar-refractivity contribution in [2.45, 2.75) is 143 Å². The Bertz CT molecular complexity index is 2060. The molecule has 1 fully saturated rings. The highest BCUT2D eigenvalue weighted by molar-refractivity contribution is 7.13. The lowest BCUT2D eigenvalue weighted by atomic mass is 9.85. The van der Waals surface area contributed by atoms with Crippen LogP contribution < -0.4 is 27.0 Å². The average Bonchev–Trinajstić information content (AvgIpc) is 3.78. The van der Waals surface area contributed by atoms with Gasteiger partial charge in [-0.25, -0.2) is 14.2 Å². The number of ether oxygens (including phenoxy) is 1. The number of hydrogen-bond donors (Lipinski definition) is 6. The molecule has 62 heavy (non-hydrogen) atoms. The van der Waals surface area contributed by atoms with Crippen LogP contribution in [0.5, 0.6) is 0 Å². The summed E-state index contributed by atoms with van der Waals surface area (Å²) >= 11 is 1.56. The fourth-order valence-electron chi connectivity index (χ4n) is 7.14. The van der Waals surface area contributed by atoms with Crippen LogP contribution in [0.25, 0.3) is 10.4 Å². The second-order valence-electron chi connectivity index (χ2n) is 18.0. The number of primary amides is 1. The van der Waals surface area contributed by atoms with Gasteiger partial charge in [0.1, 0.15) is 29.5 Å². The number of thiazole rings is 1. The van der Waals surface area contributed by atoms with E-state index < -0.39 is 70.8 Å². The SMILES string of the molecule is Cc1ncsc1-c1ccc([C@H](C)NC(=O)[C@@H]2C[C@@H](O)CN2C(=O)[C@@H](NC(=O)CCCCCc2cc(F)cc(NC(=O)[C@H](CCC(N)=O)NC(=O)OC(C)(C)C)c2)C(C)(C)C)cc1. The molecule has 0 aliphatic carbocycles. The number of unbranched alkanes of at least 4 members (excludes halogenated alkanes) is 2. The van der Waals surface area contributed by atoms with Crippen molar-refractivity contribution in [3.05, 3.63) is 70.6 Å². The van der Waals surface area contributed by atoms with E-state index in [4.69, 9.17) is 10.5 Å². The standard InChI is InChI=1S/C45H62FN7O8S/c1-26(29-14-16-30(17-15-29)38-27(2)48-25-62-38)49-41(58)35-23-33(54)24-53(35)42(59)39(44(3,4)5)52-37(56)13-11-9-10-12-28-20-31(46)22-32(21-28)50-40(57)34(18-19-36(47)55)51-43(60)61-45(6,7)8/h14-17,20-22,25-26,33-35,39,54H,9-13,18-19,23-24H2,1-8H3,(H2,47,55)(H,49,58)(H,50,57)(H,51,60)(H,52,56)/t26-,33+,34-,35-,39+/m0/s1. The maximum absolute atomic E-state index is 14.7. The Balaban J connectivity index is 1.29. The van der Waals surface area contributed by atoms with Crippen molar-refractivity contribution in [3.63, 3.8) is 0 Å². The Hall–Kier alpha value is -5.42. The molecule has 1 aromatic heterocycles. The van der Waals surface area contributed by atoms with Gasteiger partial charge in [-0.3, -0.25) is 24.0 Å². The molecule has 15 nitrogen and oxygen atoms in total. The minimum atomic E-state index is -1.17. The number of carbonyl (C=O) groups is 6. The summed E-state index contributed by atoms with van der Waals surface area (Å²) in [6.45, 7) is 14.2. The molecule has 1 saturated heterocycles. The summed E-state index contributed by atoms with van der Waals surface area (Å²) in [7, 11) is 0. The minimum absolute atomic E-state index is 0.0407. The van der Waals surface area contributed by atoms with Gasteiger partial charge < -0.3 is 41.7 Å². The Morgan fingerprint density at radius 2 is 1.66 bits per heavy atom. The van der Waals surface area contributed by atoms with Gasteiger partial charge >= 0.3 is 6.09 Å². The van der Waals surface area contributed by atoms with E-state index in [0.717, 1.165) is 27.8 Å². The number of carbonyl (C=O) groups excluding carboxylic acids is 6. The van der Waals surface area contributed by atoms with E-state index in [-0.39, 0.29) is 49.9 Å². The van der Waals surface area contributed by atoms with Crippen molar-refractivity contribution in [1.82, 2.24) is 25.8 Å². The van der Waals surface area contributed by atoms with Crippen molar-refractivity contribution in [3.8, 4) is 10.4 Å². The number of alkyl carbamates (subject to hydrolysis) is 1. The Labute approximate surface area is 367 Å². The summed E-state index contributed by atoms with van der Waals surface area (Å²) in [5, 5.41) is 21.6. The highest BCUT2D eigenvalue weighted by Crippen LogP contribution is 2.30. The zero-order chi connectivity index (χ0) is 45.9. The van der Waals surface area contributed by atoms with Crippen molar-refractivity contribution in [2.75, 3.05) is 11.9 Å². The summed E-state index contributed by atoms with van der Waals surface area (Å²) in [5.74, 6) is -3.11. The zero-order valence-corrected chi connectivity index (χ0v) is 37.7. The van der Waals surface area contributed by atoms with E-state index in [1.807, 2.05) is 58.9 Å². The van der Waals surface area contributed by atoms with Gasteiger partial charge in [0.2, 0.25) is 29.5 Å². The van der Waals surface area contributed by atoms with Crippen molar-refractivity contribution in [1.29, 1.82) is 0 Å². The number of nitrogens with two attached hydrogens (primary N) is 1. The van der Waals surface area contributed by atoms with Crippen molar-refractivity contribution in [2.24, 2.45) is 11.1 Å². The molecule has 0 saturated carbocycles. The molecule has 0 radical (unpaired) electrons. The van der Waals surface area contributed by atoms with Gasteiger partial charge in [0.05, 0.1) is 28.2 Å². The second kappa shape index (κ2) is 21.6. The number of amides is 6. The molecule has 7 N–H and O–H groups in total. The fourth-order valence-corrected chi connectivity index (χ4v) is 7.95. The number of nitrogens with one attached hydrogen (secondary N) is 4. The van der Waals surface area contributed by atoms with Crippen LogP contribution in [0.2, 0.25) is 0 Å². The fraction of sp³-hybridized carbons (Fsp3) is 0.533. The number of aliphatic hydroxyl groups excluding tert-OH is 1. The number of halogens is 1. The van der Waals surface area contributed by atoms with Gasteiger partial charge in [0.25, 0.3) is 0 Å². The molecule has 2 heterocycles. The van der Waals surface area contributed by atoms with Gasteiger partial charge in [-0.15, -0.1) is 11.3 Å². The molecule has 4 rings (SSSR count). The molecule has 2 aromatic carbocycles. The molecule has 1 aliphatic heterocycles. The van der Waals surface area contributed by atoms with Crippen LogP contribution in [0, 0.1) is 18.2 Å². The second-order valence-corrected chi connectivity index (χ2v) is 18.8. The van der Waals surface area contributed by atoms with E-state index in [9.17, 15) is 38.3 Å². The topological polar surface area (TPSA) is 222 Å². The van der Waals surface area contributed by atoms with Crippen LogP contribution in [0.15, 0.2) is 48.0 Å². The van der Waals surface area contributed by atoms with E-state index in [1.54, 1.807) is 43.7 Å². The molecular formula is C45H62FN7O8S. The molecular weight excluding hydrogens is 818 g/mol. The first-order valence-electron chi connectivity index (χ1n) is 21.0. The minimum Gasteiger partial charge on any atom is -0.444 e. The van der Waals surface area contributed by atoms with Crippen molar-refractivity contribution >= 4 is 52.7 Å². The van der Waals surface area contributed by atoms with Gasteiger partial charge in [0, 0.05) is 31.5 Å². The maximum Gasteiger partial charge on any atom is 0.408 e. The molecule has 17 heteroatoms. The largest absolute Gasteiger partial charge is 0.444 e. The third kappa shape index (κ3) is 14.9. The zero-order valence-electron chi connectivity index (χ0n) is 36.9. The number of anilines is 1. The smallest absolute Gasteiger partial charge is 0.408 e. The first kappa shape index (κ1) is 49.2. The predicted molar refractivity (Wildman–Crippen MR) is 235 cm³/mol. The Morgan fingerprint density at radius 3 is 2.27 bits per heavy atom. The van der Waals surface area contributed by atoms with Crippen LogP contribution in [-0.2, 0) is 35.1 Å². The lowest BCUT2D eigenvalue weighted by molar-refractivity contribution is -0.144. The summed E-state index contributed by atoms with van der Waals surface area (Å²) < 4.78 is 19.9. The van der Waals surface area contributed by atoms with Gasteiger partial charge in [0.15, 0.2) is 0 Å². The van der Waals surface area contributed by atoms with Gasteiger partial charge in [-0.1, -0.05) is 51.5 Å². The molecule has 5 atom stereocenters. The van der Waals surface area contributed by atoms with Crippen molar-refractivity contribution < 1.29 is 43.0 Å². The van der Waals surface area contributed by atoms with Crippen LogP contribution in [0.3, 0.4) is 0 Å². The maximum atomic E-state index is 14.7. The summed E-state index contributed by atoms with van der Waals surface area (Å²) in [4.78, 5) is 84.6. The number of rotatable bonds is 18. The molecule has 1 aliphatic rings. The number of nitrogens with zero attached hydrogens (tertiary/aromatic N) is 2. The molecule has 0 unspecified atom stereocenters. The third-order valence-electron chi connectivity index (χ3n) is 10.3. The van der Waals surface area contributed by atoms with E-state index in [1.165, 1.54) is 11.0 Å². The first-order chi connectivity index (χ1) is 29.0. The van der Waals surface area contributed by atoms with Crippen LogP contribution in [0.1, 0.15) is 116 Å². The monoisotopic (exact) mass is 879 g/mol. The van der Waals surface area contributed by atoms with Crippen LogP contribution >= 0.6 is 11.3 Å².